The summed E-state index contributed by atoms with van der Waals surface area (Å²) in [6, 6.07) is 17.9. The Labute approximate surface area is 208 Å². The summed E-state index contributed by atoms with van der Waals surface area (Å²) in [7, 11) is 0. The first-order chi connectivity index (χ1) is 16.6. The Hall–Kier alpha value is -3.26. The van der Waals surface area contributed by atoms with E-state index in [1.807, 2.05) is 65.4 Å². The lowest BCUT2D eigenvalue weighted by Gasteiger charge is -2.25. The zero-order valence-electron chi connectivity index (χ0n) is 18.1. The van der Waals surface area contributed by atoms with Crippen LogP contribution in [0.3, 0.4) is 0 Å². The number of benzene rings is 2. The summed E-state index contributed by atoms with van der Waals surface area (Å²) in [6.45, 7) is 1.97. The SMILES string of the molecule is CCOC(=O)C1=C(c2ccccc2)N=c2s/c(=C/c3ccsc3)c(=O)n2[C@H]1c1ccc(Cl)cc1. The lowest BCUT2D eigenvalue weighted by Crippen LogP contribution is -2.39. The van der Waals surface area contributed by atoms with Crippen LogP contribution in [-0.4, -0.2) is 17.1 Å². The molecular weight excluding hydrogens is 488 g/mol. The lowest BCUT2D eigenvalue weighted by atomic mass is 9.93. The first-order valence-electron chi connectivity index (χ1n) is 10.6. The number of thiazole rings is 1. The number of thiophene rings is 1. The molecule has 3 heterocycles. The number of halogens is 1. The molecule has 2 aromatic heterocycles. The van der Waals surface area contributed by atoms with Crippen LogP contribution in [0.25, 0.3) is 11.8 Å². The fourth-order valence-electron chi connectivity index (χ4n) is 3.91. The molecular formula is C26H19ClN2O3S2. The highest BCUT2D eigenvalue weighted by molar-refractivity contribution is 7.08. The highest BCUT2D eigenvalue weighted by Gasteiger charge is 2.35. The van der Waals surface area contributed by atoms with Gasteiger partial charge < -0.3 is 4.74 Å². The molecule has 0 radical (unpaired) electrons. The van der Waals surface area contributed by atoms with E-state index in [4.69, 9.17) is 21.3 Å². The summed E-state index contributed by atoms with van der Waals surface area (Å²) in [5, 5.41) is 4.51. The monoisotopic (exact) mass is 506 g/mol. The first-order valence-corrected chi connectivity index (χ1v) is 12.8. The molecule has 0 unspecified atom stereocenters. The van der Waals surface area contributed by atoms with Crippen molar-refractivity contribution < 1.29 is 9.53 Å². The van der Waals surface area contributed by atoms with E-state index < -0.39 is 12.0 Å². The van der Waals surface area contributed by atoms with E-state index >= 15 is 0 Å². The summed E-state index contributed by atoms with van der Waals surface area (Å²) < 4.78 is 7.59. The molecule has 4 aromatic rings. The molecule has 0 aliphatic carbocycles. The Bertz CT molecular complexity index is 1550. The number of rotatable bonds is 5. The van der Waals surface area contributed by atoms with Crippen molar-refractivity contribution in [3.05, 3.63) is 118 Å². The number of carbonyl (C=O) groups is 1. The van der Waals surface area contributed by atoms with Crippen molar-refractivity contribution in [1.29, 1.82) is 0 Å². The average Bonchev–Trinajstić information content (AvgIpc) is 3.47. The van der Waals surface area contributed by atoms with Crippen molar-refractivity contribution in [2.24, 2.45) is 4.99 Å². The van der Waals surface area contributed by atoms with Crippen LogP contribution in [0.4, 0.5) is 0 Å². The van der Waals surface area contributed by atoms with Gasteiger partial charge in [0, 0.05) is 10.6 Å². The van der Waals surface area contributed by atoms with Crippen molar-refractivity contribution in [2.45, 2.75) is 13.0 Å². The quantitative estimate of drug-likeness (QED) is 0.370. The van der Waals surface area contributed by atoms with Gasteiger partial charge in [0.15, 0.2) is 4.80 Å². The third kappa shape index (κ3) is 4.18. The van der Waals surface area contributed by atoms with Gasteiger partial charge in [-0.15, -0.1) is 0 Å². The second-order valence-electron chi connectivity index (χ2n) is 7.54. The number of carbonyl (C=O) groups excluding carboxylic acids is 1. The van der Waals surface area contributed by atoms with Crippen LogP contribution >= 0.6 is 34.3 Å². The van der Waals surface area contributed by atoms with Gasteiger partial charge in [0.05, 0.1) is 28.5 Å². The van der Waals surface area contributed by atoms with E-state index in [2.05, 4.69) is 0 Å². The fraction of sp³-hybridized carbons (Fsp3) is 0.115. The normalized spacial score (nSPS) is 15.7. The molecule has 0 fully saturated rings. The molecule has 170 valence electrons. The second kappa shape index (κ2) is 9.54. The molecule has 5 rings (SSSR count). The number of esters is 1. The van der Waals surface area contributed by atoms with E-state index in [1.165, 1.54) is 11.3 Å². The molecule has 0 N–H and O–H groups in total. The minimum absolute atomic E-state index is 0.205. The average molecular weight is 507 g/mol. The molecule has 1 atom stereocenters. The minimum atomic E-state index is -0.701. The van der Waals surface area contributed by atoms with Gasteiger partial charge in [-0.05, 0) is 53.1 Å². The van der Waals surface area contributed by atoms with Crippen molar-refractivity contribution >= 4 is 52.0 Å². The van der Waals surface area contributed by atoms with E-state index in [1.54, 1.807) is 35.0 Å². The Morgan fingerprint density at radius 1 is 1.15 bits per heavy atom. The topological polar surface area (TPSA) is 60.7 Å². The van der Waals surface area contributed by atoms with Crippen LogP contribution < -0.4 is 14.9 Å². The number of aromatic nitrogens is 1. The Balaban J connectivity index is 1.84. The van der Waals surface area contributed by atoms with Crippen molar-refractivity contribution in [2.75, 3.05) is 6.61 Å². The van der Waals surface area contributed by atoms with Gasteiger partial charge in [-0.1, -0.05) is 65.4 Å². The summed E-state index contributed by atoms with van der Waals surface area (Å²) in [5.74, 6) is -0.503. The van der Waals surface area contributed by atoms with Crippen LogP contribution in [0.1, 0.15) is 29.7 Å². The standard InChI is InChI=1S/C26H19ClN2O3S2/c1-2-32-25(31)21-22(17-6-4-3-5-7-17)28-26-29(23(21)18-8-10-19(27)11-9-18)24(30)20(34-26)14-16-12-13-33-15-16/h3-15,23H,2H2,1H3/b20-14+/t23-/m0/s1. The number of nitrogens with zero attached hydrogens (tertiary/aromatic N) is 2. The molecule has 0 spiro atoms. The largest absolute Gasteiger partial charge is 0.463 e. The van der Waals surface area contributed by atoms with Crippen LogP contribution in [0, 0.1) is 0 Å². The molecule has 0 bridgehead atoms. The molecule has 1 aliphatic heterocycles. The van der Waals surface area contributed by atoms with Crippen molar-refractivity contribution in [1.82, 2.24) is 4.57 Å². The molecule has 5 nitrogen and oxygen atoms in total. The molecule has 8 heteroatoms. The summed E-state index contributed by atoms with van der Waals surface area (Å²) in [5.41, 5.74) is 3.10. The summed E-state index contributed by atoms with van der Waals surface area (Å²) >= 11 is 9.02. The Kier molecular flexibility index (Phi) is 6.32. The Morgan fingerprint density at radius 2 is 1.91 bits per heavy atom. The zero-order chi connectivity index (χ0) is 23.7. The van der Waals surface area contributed by atoms with Gasteiger partial charge in [-0.25, -0.2) is 9.79 Å². The maximum Gasteiger partial charge on any atom is 0.338 e. The zero-order valence-corrected chi connectivity index (χ0v) is 20.5. The van der Waals surface area contributed by atoms with Gasteiger partial charge in [-0.3, -0.25) is 9.36 Å². The van der Waals surface area contributed by atoms with Gasteiger partial charge in [0.25, 0.3) is 5.56 Å². The first kappa shape index (κ1) is 22.5. The molecule has 1 aliphatic rings. The third-order valence-electron chi connectivity index (χ3n) is 5.40. The number of ether oxygens (including phenoxy) is 1. The van der Waals surface area contributed by atoms with Gasteiger partial charge in [0.1, 0.15) is 0 Å². The van der Waals surface area contributed by atoms with Crippen molar-refractivity contribution in [3.8, 4) is 0 Å². The highest BCUT2D eigenvalue weighted by Crippen LogP contribution is 2.35. The van der Waals surface area contributed by atoms with E-state index in [0.29, 0.717) is 25.6 Å². The molecule has 0 saturated heterocycles. The van der Waals surface area contributed by atoms with E-state index in [-0.39, 0.29) is 12.2 Å². The predicted octanol–water partition coefficient (Wildman–Crippen LogP) is 4.65. The van der Waals surface area contributed by atoms with Crippen LogP contribution in [0.15, 0.2) is 86.8 Å². The molecule has 0 amide bonds. The minimum Gasteiger partial charge on any atom is -0.463 e. The van der Waals surface area contributed by atoms with Gasteiger partial charge in [-0.2, -0.15) is 11.3 Å². The van der Waals surface area contributed by atoms with Gasteiger partial charge >= 0.3 is 5.97 Å². The molecule has 0 saturated carbocycles. The summed E-state index contributed by atoms with van der Waals surface area (Å²) in [6.07, 6.45) is 1.86. The van der Waals surface area contributed by atoms with Gasteiger partial charge in [0.2, 0.25) is 0 Å². The summed E-state index contributed by atoms with van der Waals surface area (Å²) in [4.78, 5) is 32.3. The van der Waals surface area contributed by atoms with Crippen LogP contribution in [0.5, 0.6) is 0 Å². The molecule has 34 heavy (non-hydrogen) atoms. The number of hydrogen-bond acceptors (Lipinski definition) is 6. The third-order valence-corrected chi connectivity index (χ3v) is 7.34. The fourth-order valence-corrected chi connectivity index (χ4v) is 5.65. The number of fused-ring (bicyclic) bond motifs is 1. The maximum atomic E-state index is 13.6. The van der Waals surface area contributed by atoms with Crippen molar-refractivity contribution in [3.63, 3.8) is 0 Å². The molecule has 2 aromatic carbocycles. The highest BCUT2D eigenvalue weighted by atomic mass is 35.5. The Morgan fingerprint density at radius 3 is 2.59 bits per heavy atom. The van der Waals surface area contributed by atoms with E-state index in [0.717, 1.165) is 16.7 Å². The predicted molar refractivity (Wildman–Crippen MR) is 137 cm³/mol. The second-order valence-corrected chi connectivity index (χ2v) is 9.77. The van der Waals surface area contributed by atoms with Crippen LogP contribution in [-0.2, 0) is 9.53 Å². The smallest absolute Gasteiger partial charge is 0.338 e. The van der Waals surface area contributed by atoms with E-state index in [9.17, 15) is 9.59 Å². The number of hydrogen-bond donors (Lipinski definition) is 0. The lowest BCUT2D eigenvalue weighted by molar-refractivity contribution is -0.138. The van der Waals surface area contributed by atoms with Crippen LogP contribution in [0.2, 0.25) is 5.02 Å². The maximum absolute atomic E-state index is 13.6.